The standard InChI is InChI=1S/C19H26N4O4S.C2HF3O2/c1-5-23(11-10-22(3)4)18-17(19(24)25)12-15(13-20-18)21-28(26,27)16-8-6-14(2)7-9-16;3-2(4,5)1(6)7/h6-9,12-13,21H,5,10-11H2,1-4H3,(H,24,25);(H,6,7). The number of carboxylic acid groups (broad SMARTS) is 2. The third-order valence-corrected chi connectivity index (χ3v) is 5.82. The Bertz CT molecular complexity index is 1120. The summed E-state index contributed by atoms with van der Waals surface area (Å²) >= 11 is 0. The van der Waals surface area contributed by atoms with E-state index in [0.717, 1.165) is 12.1 Å². The number of carboxylic acids is 2. The second-order valence-corrected chi connectivity index (χ2v) is 9.19. The van der Waals surface area contributed by atoms with Gasteiger partial charge >= 0.3 is 18.1 Å². The maximum atomic E-state index is 12.5. The lowest BCUT2D eigenvalue weighted by Gasteiger charge is -2.25. The van der Waals surface area contributed by atoms with E-state index < -0.39 is 28.1 Å². The number of anilines is 2. The summed E-state index contributed by atoms with van der Waals surface area (Å²) in [6.07, 6.45) is -3.74. The van der Waals surface area contributed by atoms with Crippen LogP contribution >= 0.6 is 0 Å². The van der Waals surface area contributed by atoms with Crippen LogP contribution in [0.1, 0.15) is 22.8 Å². The van der Waals surface area contributed by atoms with Gasteiger partial charge in [0.05, 0.1) is 16.8 Å². The van der Waals surface area contributed by atoms with Crippen LogP contribution in [0.15, 0.2) is 41.4 Å². The SMILES string of the molecule is CCN(CCN(C)C)c1ncc(NS(=O)(=O)c2ccc(C)cc2)cc1C(=O)O.O=C(O)C(F)(F)F. The Hall–Kier alpha value is -3.39. The van der Waals surface area contributed by atoms with E-state index in [2.05, 4.69) is 9.71 Å². The molecule has 1 heterocycles. The highest BCUT2D eigenvalue weighted by molar-refractivity contribution is 7.92. The molecule has 0 bridgehead atoms. The fourth-order valence-corrected chi connectivity index (χ4v) is 3.62. The summed E-state index contributed by atoms with van der Waals surface area (Å²) < 4.78 is 59.2. The number of halogens is 3. The maximum absolute atomic E-state index is 12.5. The van der Waals surface area contributed by atoms with E-state index in [1.165, 1.54) is 24.4 Å². The predicted octanol–water partition coefficient (Wildman–Crippen LogP) is 2.91. The van der Waals surface area contributed by atoms with Gasteiger partial charge in [-0.15, -0.1) is 0 Å². The Kier molecular flexibility index (Phi) is 10.5. The molecule has 0 saturated heterocycles. The highest BCUT2D eigenvalue weighted by Crippen LogP contribution is 2.23. The summed E-state index contributed by atoms with van der Waals surface area (Å²) in [5, 5.41) is 16.7. The van der Waals surface area contributed by atoms with Crippen molar-refractivity contribution in [1.29, 1.82) is 0 Å². The Balaban J connectivity index is 0.000000762. The molecular formula is C21H27F3N4O6S. The van der Waals surface area contributed by atoms with Crippen LogP contribution in [0.4, 0.5) is 24.7 Å². The minimum Gasteiger partial charge on any atom is -0.478 e. The van der Waals surface area contributed by atoms with Crippen LogP contribution in [0.25, 0.3) is 0 Å². The van der Waals surface area contributed by atoms with Gasteiger partial charge in [-0.3, -0.25) is 4.72 Å². The molecule has 0 aliphatic carbocycles. The molecule has 2 rings (SSSR count). The number of aliphatic carboxylic acids is 1. The number of benzene rings is 1. The number of carbonyl (C=O) groups is 2. The van der Waals surface area contributed by atoms with Gasteiger partial charge in [-0.05, 0) is 46.1 Å². The van der Waals surface area contributed by atoms with Crippen molar-refractivity contribution in [3.8, 4) is 0 Å². The van der Waals surface area contributed by atoms with Crippen LogP contribution in [0.3, 0.4) is 0 Å². The van der Waals surface area contributed by atoms with E-state index in [0.29, 0.717) is 18.9 Å². The quantitative estimate of drug-likeness (QED) is 0.455. The topological polar surface area (TPSA) is 140 Å². The number of alkyl halides is 3. The third-order valence-electron chi connectivity index (χ3n) is 4.42. The number of aromatic carboxylic acids is 1. The van der Waals surface area contributed by atoms with Crippen LogP contribution in [-0.2, 0) is 14.8 Å². The van der Waals surface area contributed by atoms with Gasteiger partial charge in [0.1, 0.15) is 11.4 Å². The number of likely N-dealkylation sites (N-methyl/N-ethyl adjacent to an activating group) is 2. The van der Waals surface area contributed by atoms with Gasteiger partial charge < -0.3 is 20.0 Å². The van der Waals surface area contributed by atoms with Crippen molar-refractivity contribution in [2.24, 2.45) is 0 Å². The summed E-state index contributed by atoms with van der Waals surface area (Å²) in [6, 6.07) is 7.69. The van der Waals surface area contributed by atoms with E-state index in [-0.39, 0.29) is 16.1 Å². The second-order valence-electron chi connectivity index (χ2n) is 7.50. The molecule has 1 aromatic carbocycles. The number of aryl methyl sites for hydroxylation is 1. The van der Waals surface area contributed by atoms with Crippen LogP contribution in [0, 0.1) is 6.92 Å². The molecule has 10 nitrogen and oxygen atoms in total. The molecule has 0 amide bonds. The summed E-state index contributed by atoms with van der Waals surface area (Å²) in [4.78, 5) is 28.8. The Morgan fingerprint density at radius 2 is 1.63 bits per heavy atom. The minimum atomic E-state index is -5.08. The molecule has 194 valence electrons. The molecule has 3 N–H and O–H groups in total. The fourth-order valence-electron chi connectivity index (χ4n) is 2.59. The summed E-state index contributed by atoms with van der Waals surface area (Å²) in [6.45, 7) is 5.69. The number of nitrogens with zero attached hydrogens (tertiary/aromatic N) is 3. The zero-order valence-electron chi connectivity index (χ0n) is 19.5. The van der Waals surface area contributed by atoms with Gasteiger partial charge in [-0.1, -0.05) is 17.7 Å². The molecule has 0 fully saturated rings. The van der Waals surface area contributed by atoms with E-state index >= 15 is 0 Å². The van der Waals surface area contributed by atoms with E-state index in [4.69, 9.17) is 9.90 Å². The van der Waals surface area contributed by atoms with Crippen molar-refractivity contribution < 1.29 is 41.4 Å². The molecule has 14 heteroatoms. The zero-order chi connectivity index (χ0) is 27.0. The first-order valence-corrected chi connectivity index (χ1v) is 11.6. The van der Waals surface area contributed by atoms with Crippen molar-refractivity contribution in [3.63, 3.8) is 0 Å². The Morgan fingerprint density at radius 3 is 2.06 bits per heavy atom. The lowest BCUT2D eigenvalue weighted by Crippen LogP contribution is -2.33. The minimum absolute atomic E-state index is 0.0512. The lowest BCUT2D eigenvalue weighted by molar-refractivity contribution is -0.192. The number of hydrogen-bond donors (Lipinski definition) is 3. The first-order chi connectivity index (χ1) is 16.1. The van der Waals surface area contributed by atoms with Gasteiger partial charge in [0.2, 0.25) is 0 Å². The fraction of sp³-hybridized carbons (Fsp3) is 0.381. The van der Waals surface area contributed by atoms with Gasteiger partial charge in [0.15, 0.2) is 0 Å². The number of hydrogen-bond acceptors (Lipinski definition) is 7. The van der Waals surface area contributed by atoms with Gasteiger partial charge in [0, 0.05) is 19.6 Å². The maximum Gasteiger partial charge on any atom is 0.490 e. The van der Waals surface area contributed by atoms with Crippen LogP contribution < -0.4 is 9.62 Å². The molecule has 0 aliphatic heterocycles. The lowest BCUT2D eigenvalue weighted by atomic mass is 10.2. The first-order valence-electron chi connectivity index (χ1n) is 10.1. The molecule has 0 aliphatic rings. The van der Waals surface area contributed by atoms with Crippen LogP contribution in [0.5, 0.6) is 0 Å². The summed E-state index contributed by atoms with van der Waals surface area (Å²) in [7, 11) is 0.0299. The molecular weight excluding hydrogens is 493 g/mol. The second kappa shape index (κ2) is 12.4. The van der Waals surface area contributed by atoms with E-state index in [1.807, 2.05) is 37.7 Å². The zero-order valence-corrected chi connectivity index (χ0v) is 20.3. The van der Waals surface area contributed by atoms with Crippen molar-refractivity contribution in [3.05, 3.63) is 47.7 Å². The molecule has 0 saturated carbocycles. The van der Waals surface area contributed by atoms with Crippen molar-refractivity contribution in [2.45, 2.75) is 24.9 Å². The molecule has 35 heavy (non-hydrogen) atoms. The Morgan fingerprint density at radius 1 is 1.09 bits per heavy atom. The van der Waals surface area contributed by atoms with Gasteiger partial charge in [-0.25, -0.2) is 23.0 Å². The van der Waals surface area contributed by atoms with Crippen molar-refractivity contribution in [1.82, 2.24) is 9.88 Å². The third kappa shape index (κ3) is 9.41. The normalized spacial score (nSPS) is 11.4. The highest BCUT2D eigenvalue weighted by atomic mass is 32.2. The average molecular weight is 521 g/mol. The van der Waals surface area contributed by atoms with Crippen molar-refractivity contribution >= 4 is 33.5 Å². The molecule has 2 aromatic rings. The Labute approximate surface area is 201 Å². The summed E-state index contributed by atoms with van der Waals surface area (Å²) in [5.41, 5.74) is 0.991. The predicted molar refractivity (Wildman–Crippen MR) is 123 cm³/mol. The van der Waals surface area contributed by atoms with Gasteiger partial charge in [-0.2, -0.15) is 13.2 Å². The van der Waals surface area contributed by atoms with Gasteiger partial charge in [0.25, 0.3) is 10.0 Å². The molecule has 1 aromatic heterocycles. The number of rotatable bonds is 9. The smallest absolute Gasteiger partial charge is 0.478 e. The average Bonchev–Trinajstić information content (AvgIpc) is 2.74. The summed E-state index contributed by atoms with van der Waals surface area (Å²) in [5.74, 6) is -3.61. The first kappa shape index (κ1) is 29.6. The molecule has 0 spiro atoms. The largest absolute Gasteiger partial charge is 0.490 e. The van der Waals surface area contributed by atoms with E-state index in [9.17, 15) is 31.5 Å². The molecule has 0 unspecified atom stereocenters. The van der Waals surface area contributed by atoms with Crippen LogP contribution in [-0.4, -0.2) is 80.4 Å². The van der Waals surface area contributed by atoms with E-state index in [1.54, 1.807) is 12.1 Å². The highest BCUT2D eigenvalue weighted by Gasteiger charge is 2.38. The number of sulfonamides is 1. The molecule has 0 atom stereocenters. The van der Waals surface area contributed by atoms with Crippen LogP contribution in [0.2, 0.25) is 0 Å². The van der Waals surface area contributed by atoms with Crippen molar-refractivity contribution in [2.75, 3.05) is 43.4 Å². The monoisotopic (exact) mass is 520 g/mol. The molecule has 0 radical (unpaired) electrons. The number of pyridine rings is 1. The number of nitrogens with one attached hydrogen (secondary N) is 1. The number of aromatic nitrogens is 1.